The molecule has 70 valence electrons. The van der Waals surface area contributed by atoms with Crippen LogP contribution in [0.25, 0.3) is 0 Å². The van der Waals surface area contributed by atoms with Crippen LogP contribution in [0.15, 0.2) is 22.9 Å². The zero-order chi connectivity index (χ0) is 9.26. The van der Waals surface area contributed by atoms with Crippen molar-refractivity contribution < 1.29 is 4.74 Å². The lowest BCUT2D eigenvalue weighted by molar-refractivity contribution is 0.0843. The minimum absolute atomic E-state index is 0.241. The van der Waals surface area contributed by atoms with Crippen LogP contribution in [0.3, 0.4) is 0 Å². The van der Waals surface area contributed by atoms with E-state index < -0.39 is 0 Å². The molecular formula is C10H12BrNO. The van der Waals surface area contributed by atoms with Gasteiger partial charge in [0.15, 0.2) is 0 Å². The summed E-state index contributed by atoms with van der Waals surface area (Å²) in [6.45, 7) is 0. The van der Waals surface area contributed by atoms with Gasteiger partial charge in [-0.3, -0.25) is 4.98 Å². The summed E-state index contributed by atoms with van der Waals surface area (Å²) in [6.07, 6.45) is 6.49. The van der Waals surface area contributed by atoms with Crippen LogP contribution in [0.4, 0.5) is 0 Å². The van der Waals surface area contributed by atoms with E-state index in [2.05, 4.69) is 27.0 Å². The molecule has 1 atom stereocenters. The topological polar surface area (TPSA) is 22.1 Å². The highest BCUT2D eigenvalue weighted by Gasteiger charge is 2.32. The smallest absolute Gasteiger partial charge is 0.0864 e. The van der Waals surface area contributed by atoms with Crippen LogP contribution in [0, 0.1) is 5.92 Å². The summed E-state index contributed by atoms with van der Waals surface area (Å²) in [5.74, 6) is 0.709. The van der Waals surface area contributed by atoms with Crippen LogP contribution >= 0.6 is 15.9 Å². The molecule has 1 aliphatic carbocycles. The van der Waals surface area contributed by atoms with E-state index in [4.69, 9.17) is 4.74 Å². The first kappa shape index (κ1) is 9.16. The standard InChI is InChI=1S/C10H12BrNO/c1-13-10(7-2-3-7)8-4-9(11)6-12-5-8/h4-7,10H,2-3H2,1H3. The number of halogens is 1. The second kappa shape index (κ2) is 3.76. The molecule has 0 N–H and O–H groups in total. The summed E-state index contributed by atoms with van der Waals surface area (Å²) in [5, 5.41) is 0. The molecule has 2 rings (SSSR count). The molecule has 0 amide bonds. The monoisotopic (exact) mass is 241 g/mol. The van der Waals surface area contributed by atoms with Gasteiger partial charge in [0.1, 0.15) is 0 Å². The van der Waals surface area contributed by atoms with E-state index in [-0.39, 0.29) is 6.10 Å². The Morgan fingerprint density at radius 1 is 1.54 bits per heavy atom. The van der Waals surface area contributed by atoms with Crippen LogP contribution in [-0.2, 0) is 4.74 Å². The van der Waals surface area contributed by atoms with Crippen molar-refractivity contribution in [1.82, 2.24) is 4.98 Å². The largest absolute Gasteiger partial charge is 0.376 e. The molecule has 1 heterocycles. The van der Waals surface area contributed by atoms with Gasteiger partial charge in [-0.2, -0.15) is 0 Å². The minimum Gasteiger partial charge on any atom is -0.376 e. The normalized spacial score (nSPS) is 18.6. The summed E-state index contributed by atoms with van der Waals surface area (Å²) < 4.78 is 6.48. The maximum absolute atomic E-state index is 5.45. The Kier molecular flexibility index (Phi) is 2.65. The van der Waals surface area contributed by atoms with Crippen molar-refractivity contribution in [1.29, 1.82) is 0 Å². The molecule has 0 aromatic carbocycles. The molecule has 1 fully saturated rings. The van der Waals surface area contributed by atoms with E-state index in [9.17, 15) is 0 Å². The Bertz CT molecular complexity index is 299. The van der Waals surface area contributed by atoms with Crippen LogP contribution < -0.4 is 0 Å². The number of nitrogens with zero attached hydrogens (tertiary/aromatic N) is 1. The summed E-state index contributed by atoms with van der Waals surface area (Å²) in [6, 6.07) is 2.08. The van der Waals surface area contributed by atoms with E-state index in [0.717, 1.165) is 4.47 Å². The Morgan fingerprint density at radius 2 is 2.31 bits per heavy atom. The predicted octanol–water partition coefficient (Wildman–Crippen LogP) is 2.94. The number of aromatic nitrogens is 1. The van der Waals surface area contributed by atoms with Crippen molar-refractivity contribution >= 4 is 15.9 Å². The molecule has 2 nitrogen and oxygen atoms in total. The van der Waals surface area contributed by atoms with Gasteiger partial charge in [0, 0.05) is 29.5 Å². The molecule has 0 saturated heterocycles. The molecular weight excluding hydrogens is 230 g/mol. The molecule has 3 heteroatoms. The van der Waals surface area contributed by atoms with E-state index in [1.807, 2.05) is 6.20 Å². The molecule has 0 radical (unpaired) electrons. The Hall–Kier alpha value is -0.410. The van der Waals surface area contributed by atoms with Gasteiger partial charge >= 0.3 is 0 Å². The SMILES string of the molecule is COC(c1cncc(Br)c1)C1CC1. The van der Waals surface area contributed by atoms with Gasteiger partial charge in [0.05, 0.1) is 6.10 Å². The van der Waals surface area contributed by atoms with Gasteiger partial charge in [-0.25, -0.2) is 0 Å². The zero-order valence-electron chi connectivity index (χ0n) is 7.53. The second-order valence-corrected chi connectivity index (χ2v) is 4.35. The molecule has 1 aliphatic rings. The summed E-state index contributed by atoms with van der Waals surface area (Å²) >= 11 is 3.41. The summed E-state index contributed by atoms with van der Waals surface area (Å²) in [7, 11) is 1.77. The molecule has 1 aromatic heterocycles. The fourth-order valence-electron chi connectivity index (χ4n) is 1.58. The average molecular weight is 242 g/mol. The highest BCUT2D eigenvalue weighted by molar-refractivity contribution is 9.10. The van der Waals surface area contributed by atoms with Crippen LogP contribution in [-0.4, -0.2) is 12.1 Å². The lowest BCUT2D eigenvalue weighted by atomic mass is 10.1. The van der Waals surface area contributed by atoms with Crippen molar-refractivity contribution in [3.05, 3.63) is 28.5 Å². The number of hydrogen-bond acceptors (Lipinski definition) is 2. The molecule has 13 heavy (non-hydrogen) atoms. The minimum atomic E-state index is 0.241. The molecule has 1 saturated carbocycles. The third kappa shape index (κ3) is 2.09. The first-order valence-electron chi connectivity index (χ1n) is 4.44. The van der Waals surface area contributed by atoms with Crippen molar-refractivity contribution in [2.24, 2.45) is 5.92 Å². The van der Waals surface area contributed by atoms with E-state index in [0.29, 0.717) is 5.92 Å². The van der Waals surface area contributed by atoms with Gasteiger partial charge in [-0.1, -0.05) is 0 Å². The van der Waals surface area contributed by atoms with Crippen LogP contribution in [0.2, 0.25) is 0 Å². The molecule has 1 aromatic rings. The van der Waals surface area contributed by atoms with Crippen molar-refractivity contribution in [2.45, 2.75) is 18.9 Å². The fourth-order valence-corrected chi connectivity index (χ4v) is 1.97. The molecule has 0 spiro atoms. The number of rotatable bonds is 3. The fraction of sp³-hybridized carbons (Fsp3) is 0.500. The van der Waals surface area contributed by atoms with Gasteiger partial charge in [-0.05, 0) is 40.8 Å². The Balaban J connectivity index is 2.21. The number of ether oxygens (including phenoxy) is 1. The lowest BCUT2D eigenvalue weighted by Crippen LogP contribution is -2.03. The quantitative estimate of drug-likeness (QED) is 0.812. The number of pyridine rings is 1. The van der Waals surface area contributed by atoms with E-state index in [1.165, 1.54) is 18.4 Å². The number of hydrogen-bond donors (Lipinski definition) is 0. The van der Waals surface area contributed by atoms with Crippen LogP contribution in [0.5, 0.6) is 0 Å². The van der Waals surface area contributed by atoms with E-state index in [1.54, 1.807) is 13.3 Å². The predicted molar refractivity (Wildman–Crippen MR) is 54.4 cm³/mol. The van der Waals surface area contributed by atoms with Gasteiger partial charge < -0.3 is 4.74 Å². The summed E-state index contributed by atoms with van der Waals surface area (Å²) in [4.78, 5) is 4.14. The molecule has 0 bridgehead atoms. The first-order valence-corrected chi connectivity index (χ1v) is 5.24. The van der Waals surface area contributed by atoms with Crippen LogP contribution in [0.1, 0.15) is 24.5 Å². The van der Waals surface area contributed by atoms with Crippen molar-refractivity contribution in [3.8, 4) is 0 Å². The van der Waals surface area contributed by atoms with Crippen molar-refractivity contribution in [2.75, 3.05) is 7.11 Å². The average Bonchev–Trinajstić information content (AvgIpc) is 2.90. The van der Waals surface area contributed by atoms with Crippen molar-refractivity contribution in [3.63, 3.8) is 0 Å². The second-order valence-electron chi connectivity index (χ2n) is 3.43. The Morgan fingerprint density at radius 3 is 2.85 bits per heavy atom. The first-order chi connectivity index (χ1) is 6.31. The maximum Gasteiger partial charge on any atom is 0.0864 e. The lowest BCUT2D eigenvalue weighted by Gasteiger charge is -2.14. The third-order valence-corrected chi connectivity index (χ3v) is 2.79. The van der Waals surface area contributed by atoms with Gasteiger partial charge in [0.2, 0.25) is 0 Å². The molecule has 0 aliphatic heterocycles. The highest BCUT2D eigenvalue weighted by Crippen LogP contribution is 2.42. The number of methoxy groups -OCH3 is 1. The zero-order valence-corrected chi connectivity index (χ0v) is 9.12. The van der Waals surface area contributed by atoms with Gasteiger partial charge in [0.25, 0.3) is 0 Å². The van der Waals surface area contributed by atoms with Gasteiger partial charge in [-0.15, -0.1) is 0 Å². The third-order valence-electron chi connectivity index (χ3n) is 2.36. The molecule has 1 unspecified atom stereocenters. The van der Waals surface area contributed by atoms with E-state index >= 15 is 0 Å². The Labute approximate surface area is 86.5 Å². The summed E-state index contributed by atoms with van der Waals surface area (Å²) in [5.41, 5.74) is 1.18. The maximum atomic E-state index is 5.45. The highest BCUT2D eigenvalue weighted by atomic mass is 79.9.